The van der Waals surface area contributed by atoms with Crippen LogP contribution in [0.25, 0.3) is 0 Å². The molecule has 0 bridgehead atoms. The molecule has 9 heteroatoms. The van der Waals surface area contributed by atoms with Crippen molar-refractivity contribution in [3.8, 4) is 0 Å². The van der Waals surface area contributed by atoms with Gasteiger partial charge in [0.25, 0.3) is 0 Å². The second kappa shape index (κ2) is 13.2. The van der Waals surface area contributed by atoms with Crippen molar-refractivity contribution in [2.24, 2.45) is 0 Å². The minimum Gasteiger partial charge on any atom is -0.354 e. The van der Waals surface area contributed by atoms with Crippen molar-refractivity contribution in [2.75, 3.05) is 13.1 Å². The van der Waals surface area contributed by atoms with Crippen LogP contribution in [0.15, 0.2) is 0 Å². The van der Waals surface area contributed by atoms with Gasteiger partial charge in [0.15, 0.2) is 5.78 Å². The van der Waals surface area contributed by atoms with Crippen molar-refractivity contribution in [1.29, 1.82) is 0 Å². The van der Waals surface area contributed by atoms with Crippen LogP contribution < -0.4 is 21.3 Å². The lowest BCUT2D eigenvalue weighted by atomic mass is 10.2. The second-order valence-corrected chi connectivity index (χ2v) is 4.38. The number of amides is 4. The Kier molecular flexibility index (Phi) is 13.1. The molecule has 0 fully saturated rings. The number of carbonyl (C=O) groups is 5. The number of Topliss-reactive ketones (excluding diaryl/α,β-unsaturated/α-hetero) is 1. The highest BCUT2D eigenvalue weighted by Crippen LogP contribution is 1.88. The number of ketones is 1. The van der Waals surface area contributed by atoms with E-state index in [0.717, 1.165) is 0 Å². The molecule has 0 aliphatic heterocycles. The average Bonchev–Trinajstić information content (AvgIpc) is 2.48. The van der Waals surface area contributed by atoms with E-state index < -0.39 is 23.9 Å². The monoisotopic (exact) mass is 330 g/mol. The van der Waals surface area contributed by atoms with E-state index in [-0.39, 0.29) is 24.8 Å². The zero-order valence-electron chi connectivity index (χ0n) is 14.2. The van der Waals surface area contributed by atoms with E-state index >= 15 is 0 Å². The normalized spacial score (nSPS) is 11.7. The van der Waals surface area contributed by atoms with Gasteiger partial charge < -0.3 is 21.3 Å². The summed E-state index contributed by atoms with van der Waals surface area (Å²) in [4.78, 5) is 55.3. The first kappa shape index (κ1) is 22.8. The quantitative estimate of drug-likeness (QED) is 0.381. The van der Waals surface area contributed by atoms with Gasteiger partial charge in [0, 0.05) is 26.9 Å². The molecular formula is C14H26N4O5. The van der Waals surface area contributed by atoms with Gasteiger partial charge in [-0.15, -0.1) is 0 Å². The summed E-state index contributed by atoms with van der Waals surface area (Å²) < 4.78 is 0. The van der Waals surface area contributed by atoms with E-state index in [4.69, 9.17) is 0 Å². The van der Waals surface area contributed by atoms with Gasteiger partial charge in [0.2, 0.25) is 24.1 Å². The highest BCUT2D eigenvalue weighted by Gasteiger charge is 2.21. The Morgan fingerprint density at radius 2 is 1.39 bits per heavy atom. The lowest BCUT2D eigenvalue weighted by Gasteiger charge is -2.19. The number of carbonyl (C=O) groups excluding carboxylic acids is 5. The summed E-state index contributed by atoms with van der Waals surface area (Å²) in [7, 11) is 0. The summed E-state index contributed by atoms with van der Waals surface area (Å²) in [5.41, 5.74) is 0. The molecule has 0 spiro atoms. The topological polar surface area (TPSA) is 133 Å². The molecule has 0 aromatic heterocycles. The SMILES string of the molecule is CC.CC(=O)NCC(NC=O)C(=O)NCC(NC(C)=O)C(C)=O. The first-order chi connectivity index (χ1) is 10.8. The Labute approximate surface area is 135 Å². The Balaban J connectivity index is 0. The molecule has 2 unspecified atom stereocenters. The predicted octanol–water partition coefficient (Wildman–Crippen LogP) is -1.53. The summed E-state index contributed by atoms with van der Waals surface area (Å²) in [6.07, 6.45) is 0.336. The first-order valence-electron chi connectivity index (χ1n) is 7.27. The summed E-state index contributed by atoms with van der Waals surface area (Å²) in [5, 5.41) is 9.47. The number of rotatable bonds is 9. The minimum atomic E-state index is -0.962. The van der Waals surface area contributed by atoms with Crippen LogP contribution in [0.4, 0.5) is 0 Å². The lowest BCUT2D eigenvalue weighted by molar-refractivity contribution is -0.128. The molecule has 0 radical (unpaired) electrons. The average molecular weight is 330 g/mol. The molecule has 0 rings (SSSR count). The predicted molar refractivity (Wildman–Crippen MR) is 84.3 cm³/mol. The molecule has 0 aromatic carbocycles. The molecule has 0 aliphatic carbocycles. The number of hydrogen-bond acceptors (Lipinski definition) is 5. The molecular weight excluding hydrogens is 304 g/mol. The molecule has 132 valence electrons. The Bertz CT molecular complexity index is 425. The van der Waals surface area contributed by atoms with Crippen LogP contribution >= 0.6 is 0 Å². The number of hydrogen-bond donors (Lipinski definition) is 4. The summed E-state index contributed by atoms with van der Waals surface area (Å²) in [6, 6.07) is -1.81. The Hall–Kier alpha value is -2.45. The zero-order valence-corrected chi connectivity index (χ0v) is 14.2. The van der Waals surface area contributed by atoms with E-state index in [1.54, 1.807) is 0 Å². The van der Waals surface area contributed by atoms with E-state index in [9.17, 15) is 24.0 Å². The van der Waals surface area contributed by atoms with Gasteiger partial charge in [0.05, 0.1) is 0 Å². The third-order valence-corrected chi connectivity index (χ3v) is 2.49. The van der Waals surface area contributed by atoms with Gasteiger partial charge >= 0.3 is 0 Å². The van der Waals surface area contributed by atoms with Gasteiger partial charge in [-0.25, -0.2) is 0 Å². The molecule has 23 heavy (non-hydrogen) atoms. The molecule has 4 N–H and O–H groups in total. The molecule has 0 saturated heterocycles. The van der Waals surface area contributed by atoms with Gasteiger partial charge in [-0.1, -0.05) is 13.8 Å². The van der Waals surface area contributed by atoms with Crippen molar-refractivity contribution >= 4 is 29.9 Å². The fourth-order valence-corrected chi connectivity index (χ4v) is 1.42. The maximum absolute atomic E-state index is 11.9. The van der Waals surface area contributed by atoms with Crippen molar-refractivity contribution in [1.82, 2.24) is 21.3 Å². The summed E-state index contributed by atoms with van der Waals surface area (Å²) in [5.74, 6) is -1.63. The molecule has 2 atom stereocenters. The second-order valence-electron chi connectivity index (χ2n) is 4.38. The van der Waals surface area contributed by atoms with Gasteiger partial charge in [-0.3, -0.25) is 24.0 Å². The van der Waals surface area contributed by atoms with Crippen LogP contribution in [0.5, 0.6) is 0 Å². The highest BCUT2D eigenvalue weighted by molar-refractivity contribution is 5.89. The largest absolute Gasteiger partial charge is 0.354 e. The van der Waals surface area contributed by atoms with Crippen molar-refractivity contribution in [3.05, 3.63) is 0 Å². The minimum absolute atomic E-state index is 0.0786. The van der Waals surface area contributed by atoms with Gasteiger partial charge in [0.1, 0.15) is 12.1 Å². The maximum atomic E-state index is 11.9. The standard InChI is InChI=1S/C12H20N4O5.C2H6/c1-7(18)10(16-9(3)20)4-14-12(21)11(15-6-17)5-13-8(2)19;1-2/h6,10-11H,4-5H2,1-3H3,(H,13,19)(H,14,21)(H,15,17)(H,16,20);1-2H3. The number of nitrogens with one attached hydrogen (secondary N) is 4. The van der Waals surface area contributed by atoms with E-state index in [1.807, 2.05) is 13.8 Å². The molecule has 0 aliphatic rings. The first-order valence-corrected chi connectivity index (χ1v) is 7.27. The van der Waals surface area contributed by atoms with Gasteiger partial charge in [-0.05, 0) is 6.92 Å². The summed E-state index contributed by atoms with van der Waals surface area (Å²) in [6.45, 7) is 7.63. The third-order valence-electron chi connectivity index (χ3n) is 2.49. The van der Waals surface area contributed by atoms with Crippen LogP contribution in [-0.2, 0) is 24.0 Å². The molecule has 9 nitrogen and oxygen atoms in total. The molecule has 0 saturated carbocycles. The Morgan fingerprint density at radius 3 is 1.78 bits per heavy atom. The van der Waals surface area contributed by atoms with Crippen molar-refractivity contribution < 1.29 is 24.0 Å². The third kappa shape index (κ3) is 11.8. The molecule has 4 amide bonds. The van der Waals surface area contributed by atoms with E-state index in [1.165, 1.54) is 20.8 Å². The molecule has 0 heterocycles. The van der Waals surface area contributed by atoms with Crippen LogP contribution in [0.2, 0.25) is 0 Å². The van der Waals surface area contributed by atoms with Crippen molar-refractivity contribution in [3.63, 3.8) is 0 Å². The highest BCUT2D eigenvalue weighted by atomic mass is 16.2. The summed E-state index contributed by atoms with van der Waals surface area (Å²) >= 11 is 0. The van der Waals surface area contributed by atoms with Crippen LogP contribution in [0.3, 0.4) is 0 Å². The van der Waals surface area contributed by atoms with Crippen LogP contribution in [0.1, 0.15) is 34.6 Å². The lowest BCUT2D eigenvalue weighted by Crippen LogP contribution is -2.54. The zero-order chi connectivity index (χ0) is 18.4. The molecule has 0 aromatic rings. The smallest absolute Gasteiger partial charge is 0.244 e. The Morgan fingerprint density at radius 1 is 0.870 bits per heavy atom. The maximum Gasteiger partial charge on any atom is 0.244 e. The van der Waals surface area contributed by atoms with Crippen LogP contribution in [0, 0.1) is 0 Å². The fraction of sp³-hybridized carbons (Fsp3) is 0.643. The van der Waals surface area contributed by atoms with E-state index in [2.05, 4.69) is 21.3 Å². The van der Waals surface area contributed by atoms with Crippen LogP contribution in [-0.4, -0.2) is 55.1 Å². The van der Waals surface area contributed by atoms with Crippen molar-refractivity contribution in [2.45, 2.75) is 46.7 Å². The fourth-order valence-electron chi connectivity index (χ4n) is 1.42. The van der Waals surface area contributed by atoms with E-state index in [0.29, 0.717) is 6.41 Å². The van der Waals surface area contributed by atoms with Gasteiger partial charge in [-0.2, -0.15) is 0 Å².